The van der Waals surface area contributed by atoms with E-state index in [1.54, 1.807) is 24.0 Å². The molecule has 1 aliphatic heterocycles. The molecule has 0 radical (unpaired) electrons. The van der Waals surface area contributed by atoms with Gasteiger partial charge in [0.15, 0.2) is 5.65 Å². The molecular formula is C22H19N7OS. The first kappa shape index (κ1) is 18.2. The molecule has 0 aliphatic carbocycles. The van der Waals surface area contributed by atoms with E-state index in [0.717, 1.165) is 62.9 Å². The molecule has 5 heterocycles. The number of fused-ring (bicyclic) bond motifs is 3. The van der Waals surface area contributed by atoms with Crippen LogP contribution in [0.25, 0.3) is 33.5 Å². The van der Waals surface area contributed by atoms with Crippen LogP contribution in [0, 0.1) is 6.92 Å². The van der Waals surface area contributed by atoms with Crippen LogP contribution < -0.4 is 10.1 Å². The van der Waals surface area contributed by atoms with Crippen LogP contribution in [0.3, 0.4) is 0 Å². The normalized spacial score (nSPS) is 13.4. The van der Waals surface area contributed by atoms with E-state index in [1.807, 2.05) is 47.9 Å². The molecular weight excluding hydrogens is 410 g/mol. The van der Waals surface area contributed by atoms with Crippen molar-refractivity contribution >= 4 is 34.0 Å². The minimum atomic E-state index is 0.769. The molecule has 154 valence electrons. The third kappa shape index (κ3) is 2.84. The summed E-state index contributed by atoms with van der Waals surface area (Å²) in [4.78, 5) is 10.4. The quantitative estimate of drug-likeness (QED) is 0.465. The first-order valence-corrected chi connectivity index (χ1v) is 10.9. The minimum absolute atomic E-state index is 0.769. The smallest absolute Gasteiger partial charge is 0.164 e. The van der Waals surface area contributed by atoms with Gasteiger partial charge >= 0.3 is 0 Å². The number of anilines is 1. The van der Waals surface area contributed by atoms with E-state index in [2.05, 4.69) is 32.5 Å². The number of benzene rings is 1. The predicted octanol–water partition coefficient (Wildman–Crippen LogP) is 3.96. The maximum absolute atomic E-state index is 5.74. The number of rotatable bonds is 3. The number of thioether (sulfide) groups is 1. The Labute approximate surface area is 182 Å². The van der Waals surface area contributed by atoms with Gasteiger partial charge in [0.2, 0.25) is 0 Å². The number of hydrogen-bond donors (Lipinski definition) is 1. The van der Waals surface area contributed by atoms with Crippen LogP contribution in [0.1, 0.15) is 5.69 Å². The average Bonchev–Trinajstić information content (AvgIpc) is 3.39. The van der Waals surface area contributed by atoms with Crippen molar-refractivity contribution in [3.63, 3.8) is 0 Å². The summed E-state index contributed by atoms with van der Waals surface area (Å²) < 4.78 is 9.43. The fraction of sp³-hybridized carbons (Fsp3) is 0.182. The summed E-state index contributed by atoms with van der Waals surface area (Å²) in [6, 6.07) is 8.10. The lowest BCUT2D eigenvalue weighted by molar-refractivity contribution is 0.412. The highest BCUT2D eigenvalue weighted by Gasteiger charge is 2.20. The molecule has 0 spiro atoms. The van der Waals surface area contributed by atoms with E-state index >= 15 is 0 Å². The number of aromatic nitrogens is 6. The first-order valence-electron chi connectivity index (χ1n) is 9.96. The summed E-state index contributed by atoms with van der Waals surface area (Å²) in [5.74, 6) is 1.81. The van der Waals surface area contributed by atoms with Crippen LogP contribution in [0.5, 0.6) is 5.75 Å². The standard InChI is InChI=1S/C22H19N7OS/c1-13-14-11-25-16(15-12-26-28-6-3-4-24-22(15)28)8-18(14)29(27-13)19-10-21-17(9-20(19)30-2)23-5-7-31-21/h3-4,6,8-12,23H,5,7H2,1-2H3. The third-order valence-corrected chi connectivity index (χ3v) is 6.55. The van der Waals surface area contributed by atoms with Gasteiger partial charge in [-0.05, 0) is 25.1 Å². The second-order valence-electron chi connectivity index (χ2n) is 7.33. The number of methoxy groups -OCH3 is 1. The van der Waals surface area contributed by atoms with Crippen molar-refractivity contribution < 1.29 is 4.74 Å². The maximum atomic E-state index is 5.74. The Kier molecular flexibility index (Phi) is 4.10. The largest absolute Gasteiger partial charge is 0.494 e. The van der Waals surface area contributed by atoms with E-state index < -0.39 is 0 Å². The summed E-state index contributed by atoms with van der Waals surface area (Å²) in [5.41, 5.74) is 6.34. The summed E-state index contributed by atoms with van der Waals surface area (Å²) in [6.07, 6.45) is 7.31. The third-order valence-electron chi connectivity index (χ3n) is 5.49. The van der Waals surface area contributed by atoms with Crippen LogP contribution in [-0.4, -0.2) is 48.8 Å². The molecule has 1 N–H and O–H groups in total. The highest BCUT2D eigenvalue weighted by atomic mass is 32.2. The van der Waals surface area contributed by atoms with Crippen molar-refractivity contribution in [2.24, 2.45) is 0 Å². The SMILES string of the molecule is COc1cc2c(cc1-n1nc(C)c3cnc(-c4cnn5cccnc45)cc31)SCCN2. The molecule has 8 nitrogen and oxygen atoms in total. The Morgan fingerprint density at radius 3 is 3.00 bits per heavy atom. The van der Waals surface area contributed by atoms with Gasteiger partial charge in [-0.2, -0.15) is 10.2 Å². The summed E-state index contributed by atoms with van der Waals surface area (Å²) in [5, 5.41) is 13.7. The second-order valence-corrected chi connectivity index (χ2v) is 8.46. The van der Waals surface area contributed by atoms with Crippen molar-refractivity contribution in [2.75, 3.05) is 24.7 Å². The number of nitrogens with one attached hydrogen (secondary N) is 1. The van der Waals surface area contributed by atoms with E-state index in [-0.39, 0.29) is 0 Å². The van der Waals surface area contributed by atoms with Crippen LogP contribution in [0.2, 0.25) is 0 Å². The van der Waals surface area contributed by atoms with E-state index in [1.165, 1.54) is 4.90 Å². The summed E-state index contributed by atoms with van der Waals surface area (Å²) in [7, 11) is 1.69. The molecule has 0 saturated carbocycles. The van der Waals surface area contributed by atoms with Crippen molar-refractivity contribution in [3.05, 3.63) is 54.7 Å². The number of pyridine rings is 1. The van der Waals surface area contributed by atoms with Crippen LogP contribution in [-0.2, 0) is 0 Å². The van der Waals surface area contributed by atoms with Crippen molar-refractivity contribution in [2.45, 2.75) is 11.8 Å². The Morgan fingerprint density at radius 1 is 1.16 bits per heavy atom. The van der Waals surface area contributed by atoms with Crippen molar-refractivity contribution in [1.82, 2.24) is 29.4 Å². The molecule has 0 unspecified atom stereocenters. The Morgan fingerprint density at radius 2 is 2.10 bits per heavy atom. The average molecular weight is 430 g/mol. The highest BCUT2D eigenvalue weighted by Crippen LogP contribution is 2.39. The van der Waals surface area contributed by atoms with Gasteiger partial charge < -0.3 is 10.1 Å². The van der Waals surface area contributed by atoms with Gasteiger partial charge in [0.05, 0.1) is 41.5 Å². The maximum Gasteiger partial charge on any atom is 0.164 e. The predicted molar refractivity (Wildman–Crippen MR) is 121 cm³/mol. The Hall–Kier alpha value is -3.59. The fourth-order valence-electron chi connectivity index (χ4n) is 3.98. The zero-order chi connectivity index (χ0) is 20.9. The van der Waals surface area contributed by atoms with E-state index in [0.29, 0.717) is 0 Å². The topological polar surface area (TPSA) is 82.2 Å². The fourth-order valence-corrected chi connectivity index (χ4v) is 4.88. The van der Waals surface area contributed by atoms with Gasteiger partial charge in [0.1, 0.15) is 11.4 Å². The summed E-state index contributed by atoms with van der Waals surface area (Å²) >= 11 is 1.84. The molecule has 0 bridgehead atoms. The summed E-state index contributed by atoms with van der Waals surface area (Å²) in [6.45, 7) is 2.95. The minimum Gasteiger partial charge on any atom is -0.494 e. The zero-order valence-electron chi connectivity index (χ0n) is 17.0. The molecule has 9 heteroatoms. The molecule has 0 amide bonds. The van der Waals surface area contributed by atoms with Gasteiger partial charge in [0.25, 0.3) is 0 Å². The molecule has 31 heavy (non-hydrogen) atoms. The molecule has 0 fully saturated rings. The number of hydrogen-bond acceptors (Lipinski definition) is 7. The van der Waals surface area contributed by atoms with Gasteiger partial charge in [-0.1, -0.05) is 0 Å². The Balaban J connectivity index is 1.57. The number of aryl methyl sites for hydroxylation is 1. The van der Waals surface area contributed by atoms with Crippen molar-refractivity contribution in [1.29, 1.82) is 0 Å². The number of ether oxygens (including phenoxy) is 1. The first-order chi connectivity index (χ1) is 15.2. The van der Waals surface area contributed by atoms with Gasteiger partial charge in [-0.15, -0.1) is 11.8 Å². The molecule has 4 aromatic heterocycles. The molecule has 0 saturated heterocycles. The molecule has 5 aromatic rings. The molecule has 1 aromatic carbocycles. The molecule has 0 atom stereocenters. The van der Waals surface area contributed by atoms with E-state index in [4.69, 9.17) is 9.84 Å². The van der Waals surface area contributed by atoms with Gasteiger partial charge in [-0.3, -0.25) is 4.98 Å². The monoisotopic (exact) mass is 429 g/mol. The number of nitrogens with zero attached hydrogens (tertiary/aromatic N) is 6. The van der Waals surface area contributed by atoms with Crippen molar-refractivity contribution in [3.8, 4) is 22.7 Å². The van der Waals surface area contributed by atoms with Crippen LogP contribution in [0.4, 0.5) is 5.69 Å². The lowest BCUT2D eigenvalue weighted by Crippen LogP contribution is -2.11. The van der Waals surface area contributed by atoms with Gasteiger partial charge in [0, 0.05) is 47.2 Å². The lowest BCUT2D eigenvalue weighted by atomic mass is 10.1. The second kappa shape index (κ2) is 6.98. The zero-order valence-corrected chi connectivity index (χ0v) is 17.8. The highest BCUT2D eigenvalue weighted by molar-refractivity contribution is 7.99. The van der Waals surface area contributed by atoms with Gasteiger partial charge in [-0.25, -0.2) is 14.2 Å². The van der Waals surface area contributed by atoms with Crippen LogP contribution >= 0.6 is 11.8 Å². The lowest BCUT2D eigenvalue weighted by Gasteiger charge is -2.20. The molecule has 6 rings (SSSR count). The van der Waals surface area contributed by atoms with E-state index in [9.17, 15) is 0 Å². The van der Waals surface area contributed by atoms with Crippen LogP contribution in [0.15, 0.2) is 53.9 Å². The Bertz CT molecular complexity index is 1460. The molecule has 1 aliphatic rings.